The van der Waals surface area contributed by atoms with Gasteiger partial charge in [-0.1, -0.05) is 0 Å². The summed E-state index contributed by atoms with van der Waals surface area (Å²) in [5.41, 5.74) is 7.65. The van der Waals surface area contributed by atoms with Crippen LogP contribution in [0.15, 0.2) is 18.2 Å². The molecule has 4 heteroatoms. The van der Waals surface area contributed by atoms with Gasteiger partial charge < -0.3 is 20.7 Å². The number of ether oxygens (including phenoxy) is 1. The van der Waals surface area contributed by atoms with Crippen LogP contribution in [0.1, 0.15) is 26.2 Å². The number of rotatable bonds is 7. The van der Waals surface area contributed by atoms with Crippen LogP contribution < -0.4 is 15.8 Å². The zero-order valence-electron chi connectivity index (χ0n) is 11.8. The number of nitrogens with one attached hydrogen (secondary N) is 1. The van der Waals surface area contributed by atoms with Gasteiger partial charge in [0.1, 0.15) is 5.75 Å². The Morgan fingerprint density at radius 3 is 2.79 bits per heavy atom. The number of hydrogen-bond acceptors (Lipinski definition) is 4. The molecular formula is C15H25N3O. The third-order valence-electron chi connectivity index (χ3n) is 3.42. The van der Waals surface area contributed by atoms with Crippen molar-refractivity contribution in [3.05, 3.63) is 18.2 Å². The summed E-state index contributed by atoms with van der Waals surface area (Å²) in [6.07, 6.45) is 3.89. The predicted molar refractivity (Wildman–Crippen MR) is 80.8 cm³/mol. The monoisotopic (exact) mass is 263 g/mol. The number of nitrogen functional groups attached to an aromatic ring is 1. The zero-order chi connectivity index (χ0) is 13.5. The molecule has 2 rings (SSSR count). The topological polar surface area (TPSA) is 50.5 Å². The summed E-state index contributed by atoms with van der Waals surface area (Å²) in [5.74, 6) is 0.838. The van der Waals surface area contributed by atoms with Crippen LogP contribution in [0.4, 0.5) is 11.4 Å². The standard InChI is InChI=1S/C15H25N3O/c1-2-19-15-11-13(16)10-14(12-15)17-6-5-9-18-7-3-4-8-18/h10-12,17H,2-9,16H2,1H3. The Morgan fingerprint density at radius 1 is 1.26 bits per heavy atom. The average molecular weight is 263 g/mol. The SMILES string of the molecule is CCOc1cc(N)cc(NCCCN2CCCC2)c1. The fraction of sp³-hybridized carbons (Fsp3) is 0.600. The summed E-state index contributed by atoms with van der Waals surface area (Å²) < 4.78 is 5.49. The molecule has 0 spiro atoms. The van der Waals surface area contributed by atoms with Crippen molar-refractivity contribution in [1.82, 2.24) is 4.90 Å². The van der Waals surface area contributed by atoms with Gasteiger partial charge in [0.05, 0.1) is 6.61 Å². The van der Waals surface area contributed by atoms with Gasteiger partial charge in [-0.3, -0.25) is 0 Å². The maximum absolute atomic E-state index is 5.87. The second-order valence-corrected chi connectivity index (χ2v) is 5.05. The molecule has 1 aliphatic heterocycles. The van der Waals surface area contributed by atoms with Crippen molar-refractivity contribution in [1.29, 1.82) is 0 Å². The van der Waals surface area contributed by atoms with E-state index >= 15 is 0 Å². The number of anilines is 2. The van der Waals surface area contributed by atoms with E-state index in [2.05, 4.69) is 10.2 Å². The van der Waals surface area contributed by atoms with Crippen LogP contribution in [-0.4, -0.2) is 37.7 Å². The molecule has 0 bridgehead atoms. The van der Waals surface area contributed by atoms with Gasteiger partial charge in [-0.2, -0.15) is 0 Å². The van der Waals surface area contributed by atoms with Gasteiger partial charge in [-0.25, -0.2) is 0 Å². The largest absolute Gasteiger partial charge is 0.494 e. The lowest BCUT2D eigenvalue weighted by Crippen LogP contribution is -2.22. The molecular weight excluding hydrogens is 238 g/mol. The molecule has 1 aromatic carbocycles. The maximum atomic E-state index is 5.87. The molecule has 0 saturated carbocycles. The van der Waals surface area contributed by atoms with Crippen molar-refractivity contribution < 1.29 is 4.74 Å². The molecule has 0 aromatic heterocycles. The molecule has 3 N–H and O–H groups in total. The van der Waals surface area contributed by atoms with Crippen molar-refractivity contribution in [3.63, 3.8) is 0 Å². The summed E-state index contributed by atoms with van der Waals surface area (Å²) in [7, 11) is 0. The van der Waals surface area contributed by atoms with Crippen molar-refractivity contribution in [2.24, 2.45) is 0 Å². The highest BCUT2D eigenvalue weighted by Crippen LogP contribution is 2.22. The quantitative estimate of drug-likeness (QED) is 0.586. The smallest absolute Gasteiger partial charge is 0.123 e. The van der Waals surface area contributed by atoms with Crippen LogP contribution in [-0.2, 0) is 0 Å². The first-order chi connectivity index (χ1) is 9.28. The highest BCUT2D eigenvalue weighted by atomic mass is 16.5. The minimum atomic E-state index is 0.665. The Morgan fingerprint density at radius 2 is 2.05 bits per heavy atom. The minimum Gasteiger partial charge on any atom is -0.494 e. The fourth-order valence-electron chi connectivity index (χ4n) is 2.52. The van der Waals surface area contributed by atoms with Gasteiger partial charge in [0.15, 0.2) is 0 Å². The first-order valence-corrected chi connectivity index (χ1v) is 7.27. The van der Waals surface area contributed by atoms with Gasteiger partial charge in [-0.05, 0) is 51.9 Å². The molecule has 1 aromatic rings. The highest BCUT2D eigenvalue weighted by Gasteiger charge is 2.10. The van der Waals surface area contributed by atoms with Crippen LogP contribution >= 0.6 is 0 Å². The van der Waals surface area contributed by atoms with Crippen LogP contribution in [0.5, 0.6) is 5.75 Å². The van der Waals surface area contributed by atoms with Gasteiger partial charge in [0.25, 0.3) is 0 Å². The first kappa shape index (κ1) is 14.0. The Labute approximate surface area is 115 Å². The van der Waals surface area contributed by atoms with E-state index in [1.807, 2.05) is 25.1 Å². The van der Waals surface area contributed by atoms with Gasteiger partial charge in [0, 0.05) is 30.1 Å². The third kappa shape index (κ3) is 4.63. The third-order valence-corrected chi connectivity index (χ3v) is 3.42. The van der Waals surface area contributed by atoms with Crippen molar-refractivity contribution in [3.8, 4) is 5.75 Å². The van der Waals surface area contributed by atoms with E-state index in [-0.39, 0.29) is 0 Å². The zero-order valence-corrected chi connectivity index (χ0v) is 11.8. The van der Waals surface area contributed by atoms with Crippen LogP contribution in [0, 0.1) is 0 Å². The van der Waals surface area contributed by atoms with Gasteiger partial charge in [-0.15, -0.1) is 0 Å². The van der Waals surface area contributed by atoms with E-state index < -0.39 is 0 Å². The van der Waals surface area contributed by atoms with Gasteiger partial charge >= 0.3 is 0 Å². The summed E-state index contributed by atoms with van der Waals surface area (Å²) in [5, 5.41) is 3.42. The maximum Gasteiger partial charge on any atom is 0.123 e. The van der Waals surface area contributed by atoms with Crippen molar-refractivity contribution >= 4 is 11.4 Å². The summed E-state index contributed by atoms with van der Waals surface area (Å²) in [4.78, 5) is 2.53. The predicted octanol–water partition coefficient (Wildman–Crippen LogP) is 2.57. The van der Waals surface area contributed by atoms with Crippen LogP contribution in [0.2, 0.25) is 0 Å². The Kier molecular flexibility index (Phi) is 5.33. The molecule has 4 nitrogen and oxygen atoms in total. The number of nitrogens with two attached hydrogens (primary N) is 1. The summed E-state index contributed by atoms with van der Waals surface area (Å²) in [6.45, 7) is 7.35. The Balaban J connectivity index is 1.75. The molecule has 0 aliphatic carbocycles. The second-order valence-electron chi connectivity index (χ2n) is 5.05. The van der Waals surface area contributed by atoms with E-state index in [0.717, 1.165) is 23.7 Å². The lowest BCUT2D eigenvalue weighted by Gasteiger charge is -2.15. The number of hydrogen-bond donors (Lipinski definition) is 2. The van der Waals surface area contributed by atoms with Crippen LogP contribution in [0.25, 0.3) is 0 Å². The van der Waals surface area contributed by atoms with E-state index in [4.69, 9.17) is 10.5 Å². The average Bonchev–Trinajstić information content (AvgIpc) is 2.87. The van der Waals surface area contributed by atoms with Gasteiger partial charge in [0.2, 0.25) is 0 Å². The normalized spacial score (nSPS) is 15.6. The van der Waals surface area contributed by atoms with E-state index in [9.17, 15) is 0 Å². The van der Waals surface area contributed by atoms with E-state index in [1.165, 1.54) is 38.9 Å². The lowest BCUT2D eigenvalue weighted by atomic mass is 10.2. The van der Waals surface area contributed by atoms with E-state index in [1.54, 1.807) is 0 Å². The highest BCUT2D eigenvalue weighted by molar-refractivity contribution is 5.59. The molecule has 0 radical (unpaired) electrons. The van der Waals surface area contributed by atoms with Crippen LogP contribution in [0.3, 0.4) is 0 Å². The Hall–Kier alpha value is -1.42. The molecule has 1 aliphatic rings. The summed E-state index contributed by atoms with van der Waals surface area (Å²) in [6, 6.07) is 5.83. The Bertz CT molecular complexity index is 389. The van der Waals surface area contributed by atoms with Crippen molar-refractivity contribution in [2.45, 2.75) is 26.2 Å². The molecule has 106 valence electrons. The summed E-state index contributed by atoms with van der Waals surface area (Å²) >= 11 is 0. The van der Waals surface area contributed by atoms with Crippen molar-refractivity contribution in [2.75, 3.05) is 43.8 Å². The fourth-order valence-corrected chi connectivity index (χ4v) is 2.52. The lowest BCUT2D eigenvalue weighted by molar-refractivity contribution is 0.337. The molecule has 1 fully saturated rings. The second kappa shape index (κ2) is 7.24. The molecule has 0 unspecified atom stereocenters. The number of likely N-dealkylation sites (tertiary alicyclic amines) is 1. The molecule has 0 atom stereocenters. The number of benzene rings is 1. The molecule has 1 heterocycles. The molecule has 19 heavy (non-hydrogen) atoms. The molecule has 0 amide bonds. The minimum absolute atomic E-state index is 0.665. The number of nitrogens with zero attached hydrogens (tertiary/aromatic N) is 1. The molecule has 1 saturated heterocycles. The van der Waals surface area contributed by atoms with E-state index in [0.29, 0.717) is 6.61 Å². The first-order valence-electron chi connectivity index (χ1n) is 7.27.